The number of rotatable bonds is 4. The van der Waals surface area contributed by atoms with Crippen LogP contribution in [0.2, 0.25) is 0 Å². The van der Waals surface area contributed by atoms with Gasteiger partial charge in [0.1, 0.15) is 12.4 Å². The van der Waals surface area contributed by atoms with Crippen molar-refractivity contribution in [2.45, 2.75) is 6.61 Å². The molecule has 1 heterocycles. The second-order valence-corrected chi connectivity index (χ2v) is 4.57. The molecule has 0 amide bonds. The van der Waals surface area contributed by atoms with Gasteiger partial charge >= 0.3 is 0 Å². The van der Waals surface area contributed by atoms with E-state index in [9.17, 15) is 5.11 Å². The zero-order valence-corrected chi connectivity index (χ0v) is 11.3. The van der Waals surface area contributed by atoms with Crippen molar-refractivity contribution in [3.63, 3.8) is 0 Å². The highest BCUT2D eigenvalue weighted by molar-refractivity contribution is 5.57. The fraction of sp³-hybridized carbons (Fsp3) is 0.0588. The number of benzene rings is 2. The highest BCUT2D eigenvalue weighted by Crippen LogP contribution is 2.22. The maximum absolute atomic E-state index is 9.22. The minimum absolute atomic E-state index is 0.0511. The van der Waals surface area contributed by atoms with Crippen molar-refractivity contribution in [1.82, 2.24) is 9.97 Å². The van der Waals surface area contributed by atoms with E-state index >= 15 is 0 Å². The maximum atomic E-state index is 9.22. The number of ether oxygens (including phenoxy) is 1. The first kappa shape index (κ1) is 13.1. The van der Waals surface area contributed by atoms with Crippen LogP contribution in [0.5, 0.6) is 11.5 Å². The third-order valence-corrected chi connectivity index (χ3v) is 2.98. The van der Waals surface area contributed by atoms with E-state index in [-0.39, 0.29) is 5.75 Å². The smallest absolute Gasteiger partial charge is 0.159 e. The lowest BCUT2D eigenvalue weighted by molar-refractivity contribution is 0.306. The molecule has 0 aliphatic carbocycles. The normalized spacial score (nSPS) is 10.3. The molecule has 0 saturated heterocycles. The van der Waals surface area contributed by atoms with Crippen molar-refractivity contribution in [2.75, 3.05) is 0 Å². The number of hydrogen-bond acceptors (Lipinski definition) is 4. The summed E-state index contributed by atoms with van der Waals surface area (Å²) in [5, 5.41) is 9.22. The summed E-state index contributed by atoms with van der Waals surface area (Å²) in [5.74, 6) is 1.36. The highest BCUT2D eigenvalue weighted by Gasteiger charge is 2.03. The van der Waals surface area contributed by atoms with Crippen molar-refractivity contribution < 1.29 is 9.84 Å². The van der Waals surface area contributed by atoms with Gasteiger partial charge in [-0.3, -0.25) is 0 Å². The van der Waals surface area contributed by atoms with Gasteiger partial charge in [0.05, 0.1) is 12.4 Å². The van der Waals surface area contributed by atoms with E-state index in [1.165, 1.54) is 12.4 Å². The van der Waals surface area contributed by atoms with Gasteiger partial charge in [0.2, 0.25) is 0 Å². The van der Waals surface area contributed by atoms with E-state index in [1.807, 2.05) is 54.6 Å². The third kappa shape index (κ3) is 3.36. The van der Waals surface area contributed by atoms with E-state index < -0.39 is 0 Å². The summed E-state index contributed by atoms with van der Waals surface area (Å²) < 4.78 is 5.77. The Balaban J connectivity index is 1.75. The zero-order valence-electron chi connectivity index (χ0n) is 11.3. The molecule has 3 aromatic rings. The van der Waals surface area contributed by atoms with Gasteiger partial charge in [-0.05, 0) is 17.7 Å². The van der Waals surface area contributed by atoms with Crippen molar-refractivity contribution in [3.05, 3.63) is 72.6 Å². The number of nitrogens with zero attached hydrogens (tertiary/aromatic N) is 2. The van der Waals surface area contributed by atoms with Crippen LogP contribution in [0.1, 0.15) is 5.56 Å². The van der Waals surface area contributed by atoms with Crippen molar-refractivity contribution >= 4 is 0 Å². The summed E-state index contributed by atoms with van der Waals surface area (Å²) >= 11 is 0. The molecule has 0 fully saturated rings. The zero-order chi connectivity index (χ0) is 14.5. The van der Waals surface area contributed by atoms with Crippen LogP contribution in [0.25, 0.3) is 11.4 Å². The molecule has 2 aromatic carbocycles. The standard InChI is InChI=1S/C17H14N2O2/c20-15-10-18-17(19-11-15)14-7-4-8-16(9-14)21-12-13-5-2-1-3-6-13/h1-11,20H,12H2. The molecule has 0 bridgehead atoms. The minimum atomic E-state index is 0.0511. The molecule has 3 rings (SSSR count). The molecule has 1 aromatic heterocycles. The van der Waals surface area contributed by atoms with E-state index in [2.05, 4.69) is 9.97 Å². The van der Waals surface area contributed by atoms with Gasteiger partial charge in [-0.2, -0.15) is 0 Å². The van der Waals surface area contributed by atoms with E-state index in [0.717, 1.165) is 16.9 Å². The molecule has 4 nitrogen and oxygen atoms in total. The van der Waals surface area contributed by atoms with E-state index in [1.54, 1.807) is 0 Å². The van der Waals surface area contributed by atoms with Gasteiger partial charge in [0.25, 0.3) is 0 Å². The van der Waals surface area contributed by atoms with Gasteiger partial charge in [-0.25, -0.2) is 9.97 Å². The molecule has 0 radical (unpaired) electrons. The molecule has 0 unspecified atom stereocenters. The molecule has 0 aliphatic rings. The average Bonchev–Trinajstić information content (AvgIpc) is 2.55. The van der Waals surface area contributed by atoms with Crippen molar-refractivity contribution in [1.29, 1.82) is 0 Å². The fourth-order valence-electron chi connectivity index (χ4n) is 1.94. The van der Waals surface area contributed by atoms with E-state index in [4.69, 9.17) is 4.74 Å². The summed E-state index contributed by atoms with van der Waals surface area (Å²) in [6, 6.07) is 17.6. The van der Waals surface area contributed by atoms with Gasteiger partial charge < -0.3 is 9.84 Å². The molecule has 4 heteroatoms. The van der Waals surface area contributed by atoms with Crippen LogP contribution in [0, 0.1) is 0 Å². The molecule has 0 spiro atoms. The second-order valence-electron chi connectivity index (χ2n) is 4.57. The van der Waals surface area contributed by atoms with Gasteiger partial charge in [-0.15, -0.1) is 0 Å². The van der Waals surface area contributed by atoms with Crippen LogP contribution in [0.4, 0.5) is 0 Å². The van der Waals surface area contributed by atoms with Crippen molar-refractivity contribution in [2.24, 2.45) is 0 Å². The number of aromatic nitrogens is 2. The first-order chi connectivity index (χ1) is 10.3. The Labute approximate surface area is 122 Å². The Morgan fingerprint density at radius 2 is 1.67 bits per heavy atom. The summed E-state index contributed by atoms with van der Waals surface area (Å²) in [7, 11) is 0. The third-order valence-electron chi connectivity index (χ3n) is 2.98. The summed E-state index contributed by atoms with van der Waals surface area (Å²) in [5.41, 5.74) is 1.96. The Kier molecular flexibility index (Phi) is 3.78. The molecule has 0 saturated carbocycles. The van der Waals surface area contributed by atoms with Crippen LogP contribution in [0.15, 0.2) is 67.0 Å². The van der Waals surface area contributed by atoms with Crippen LogP contribution < -0.4 is 4.74 Å². The lowest BCUT2D eigenvalue weighted by atomic mass is 10.2. The monoisotopic (exact) mass is 278 g/mol. The number of aromatic hydroxyl groups is 1. The van der Waals surface area contributed by atoms with Gasteiger partial charge in [0, 0.05) is 5.56 Å². The van der Waals surface area contributed by atoms with E-state index in [0.29, 0.717) is 12.4 Å². The lowest BCUT2D eigenvalue weighted by Gasteiger charge is -2.07. The van der Waals surface area contributed by atoms with Crippen molar-refractivity contribution in [3.8, 4) is 22.9 Å². The van der Waals surface area contributed by atoms with Crippen LogP contribution >= 0.6 is 0 Å². The predicted molar refractivity (Wildman–Crippen MR) is 79.9 cm³/mol. The predicted octanol–water partition coefficient (Wildman–Crippen LogP) is 3.43. The molecular formula is C17H14N2O2. The molecule has 0 aliphatic heterocycles. The summed E-state index contributed by atoms with van der Waals surface area (Å²) in [4.78, 5) is 8.18. The molecular weight excluding hydrogens is 264 g/mol. The van der Waals surface area contributed by atoms with Gasteiger partial charge in [-0.1, -0.05) is 42.5 Å². The second kappa shape index (κ2) is 6.05. The summed E-state index contributed by atoms with van der Waals surface area (Å²) in [6.07, 6.45) is 2.75. The first-order valence-electron chi connectivity index (χ1n) is 6.59. The van der Waals surface area contributed by atoms with Crippen LogP contribution in [0.3, 0.4) is 0 Å². The quantitative estimate of drug-likeness (QED) is 0.794. The topological polar surface area (TPSA) is 55.2 Å². The average molecular weight is 278 g/mol. The fourth-order valence-corrected chi connectivity index (χ4v) is 1.94. The number of hydrogen-bond donors (Lipinski definition) is 1. The lowest BCUT2D eigenvalue weighted by Crippen LogP contribution is -1.95. The molecule has 21 heavy (non-hydrogen) atoms. The maximum Gasteiger partial charge on any atom is 0.159 e. The van der Waals surface area contributed by atoms with Gasteiger partial charge in [0.15, 0.2) is 11.6 Å². The molecule has 104 valence electrons. The Morgan fingerprint density at radius 3 is 2.43 bits per heavy atom. The summed E-state index contributed by atoms with van der Waals surface area (Å²) in [6.45, 7) is 0.515. The highest BCUT2D eigenvalue weighted by atomic mass is 16.5. The Morgan fingerprint density at radius 1 is 0.905 bits per heavy atom. The first-order valence-corrected chi connectivity index (χ1v) is 6.59. The minimum Gasteiger partial charge on any atom is -0.505 e. The Hall–Kier alpha value is -2.88. The largest absolute Gasteiger partial charge is 0.505 e. The molecule has 0 atom stereocenters. The SMILES string of the molecule is Oc1cnc(-c2cccc(OCc3ccccc3)c2)nc1. The van der Waals surface area contributed by atoms with Crippen LogP contribution in [-0.4, -0.2) is 15.1 Å². The molecule has 1 N–H and O–H groups in total. The van der Waals surface area contributed by atoms with Crippen LogP contribution in [-0.2, 0) is 6.61 Å². The Bertz CT molecular complexity index is 712.